The molecule has 3 rings (SSSR count). The summed E-state index contributed by atoms with van der Waals surface area (Å²) < 4.78 is 0. The zero-order chi connectivity index (χ0) is 15.4. The third kappa shape index (κ3) is 5.31. The number of aromatic nitrogens is 1. The zero-order valence-electron chi connectivity index (χ0n) is 14.1. The van der Waals surface area contributed by atoms with Gasteiger partial charge in [-0.15, -0.1) is 24.0 Å². The van der Waals surface area contributed by atoms with Gasteiger partial charge in [0.15, 0.2) is 5.96 Å². The van der Waals surface area contributed by atoms with Crippen molar-refractivity contribution in [2.45, 2.75) is 51.2 Å². The number of guanidine groups is 1. The van der Waals surface area contributed by atoms with E-state index >= 15 is 0 Å². The molecule has 1 aromatic rings. The molecule has 1 aliphatic carbocycles. The van der Waals surface area contributed by atoms with Crippen molar-refractivity contribution in [3.63, 3.8) is 0 Å². The topological polar surface area (TPSA) is 52.6 Å². The van der Waals surface area contributed by atoms with Gasteiger partial charge < -0.3 is 15.5 Å². The Kier molecular flexibility index (Phi) is 7.08. The molecule has 0 spiro atoms. The molecule has 0 bridgehead atoms. The molecule has 5 nitrogen and oxygen atoms in total. The summed E-state index contributed by atoms with van der Waals surface area (Å²) in [6.07, 6.45) is 7.07. The highest BCUT2D eigenvalue weighted by molar-refractivity contribution is 14.0. The number of halogens is 1. The lowest BCUT2D eigenvalue weighted by Gasteiger charge is -2.33. The van der Waals surface area contributed by atoms with Gasteiger partial charge in [-0.2, -0.15) is 0 Å². The molecule has 6 heteroatoms. The Morgan fingerprint density at radius 3 is 2.65 bits per heavy atom. The second kappa shape index (κ2) is 8.82. The summed E-state index contributed by atoms with van der Waals surface area (Å²) in [5, 5.41) is 6.94. The third-order valence-electron chi connectivity index (χ3n) is 4.70. The van der Waals surface area contributed by atoms with Crippen LogP contribution in [0.3, 0.4) is 0 Å². The van der Waals surface area contributed by atoms with Crippen molar-refractivity contribution < 1.29 is 0 Å². The molecule has 2 fully saturated rings. The molecular weight excluding hydrogens is 401 g/mol. The maximum absolute atomic E-state index is 4.42. The van der Waals surface area contributed by atoms with Crippen LogP contribution >= 0.6 is 24.0 Å². The molecule has 0 atom stereocenters. The Hall–Kier alpha value is -0.890. The largest absolute Gasteiger partial charge is 0.354 e. The Bertz CT molecular complexity index is 521. The van der Waals surface area contributed by atoms with E-state index in [2.05, 4.69) is 38.5 Å². The van der Waals surface area contributed by atoms with Crippen LogP contribution in [0.1, 0.15) is 36.9 Å². The first kappa shape index (κ1) is 18.4. The van der Waals surface area contributed by atoms with Crippen LogP contribution in [-0.4, -0.2) is 48.1 Å². The maximum atomic E-state index is 4.42. The first-order valence-corrected chi connectivity index (χ1v) is 8.38. The number of nitrogens with zero attached hydrogens (tertiary/aromatic N) is 3. The van der Waals surface area contributed by atoms with Crippen LogP contribution in [0, 0.1) is 6.92 Å². The molecule has 1 saturated carbocycles. The number of likely N-dealkylation sites (tertiary alicyclic amines) is 1. The zero-order valence-corrected chi connectivity index (χ0v) is 16.4. The molecule has 0 aromatic carbocycles. The summed E-state index contributed by atoms with van der Waals surface area (Å²) in [6, 6.07) is 5.49. The number of aryl methyl sites for hydroxylation is 1. The predicted molar refractivity (Wildman–Crippen MR) is 105 cm³/mol. The molecule has 0 amide bonds. The smallest absolute Gasteiger partial charge is 0.191 e. The van der Waals surface area contributed by atoms with Crippen molar-refractivity contribution in [2.24, 2.45) is 4.99 Å². The average molecular weight is 429 g/mol. The quantitative estimate of drug-likeness (QED) is 0.438. The highest BCUT2D eigenvalue weighted by Gasteiger charge is 2.31. The van der Waals surface area contributed by atoms with Gasteiger partial charge in [0.05, 0.1) is 12.2 Å². The minimum Gasteiger partial charge on any atom is -0.354 e. The summed E-state index contributed by atoms with van der Waals surface area (Å²) >= 11 is 0. The molecule has 0 radical (unpaired) electrons. The van der Waals surface area contributed by atoms with Gasteiger partial charge in [0.1, 0.15) is 0 Å². The highest BCUT2D eigenvalue weighted by Crippen LogP contribution is 2.29. The minimum atomic E-state index is 0. The van der Waals surface area contributed by atoms with Crippen LogP contribution in [0.2, 0.25) is 0 Å². The monoisotopic (exact) mass is 429 g/mol. The fraction of sp³-hybridized carbons (Fsp3) is 0.647. The second-order valence-corrected chi connectivity index (χ2v) is 6.38. The van der Waals surface area contributed by atoms with Gasteiger partial charge in [-0.25, -0.2) is 0 Å². The SMILES string of the molecule is CN=C(NCc1ncccc1C)NC1CCN(C2CC2)CC1.I. The van der Waals surface area contributed by atoms with E-state index in [1.807, 2.05) is 19.3 Å². The number of nitrogens with one attached hydrogen (secondary N) is 2. The van der Waals surface area contributed by atoms with Gasteiger partial charge in [-0.1, -0.05) is 6.07 Å². The summed E-state index contributed by atoms with van der Waals surface area (Å²) in [7, 11) is 1.83. The van der Waals surface area contributed by atoms with Crippen LogP contribution in [0.4, 0.5) is 0 Å². The highest BCUT2D eigenvalue weighted by atomic mass is 127. The fourth-order valence-electron chi connectivity index (χ4n) is 3.11. The van der Waals surface area contributed by atoms with E-state index in [0.29, 0.717) is 12.6 Å². The number of hydrogen-bond acceptors (Lipinski definition) is 3. The summed E-state index contributed by atoms with van der Waals surface area (Å²) in [6.45, 7) is 5.25. The molecule has 1 aromatic heterocycles. The second-order valence-electron chi connectivity index (χ2n) is 6.38. The molecule has 2 heterocycles. The van der Waals surface area contributed by atoms with Gasteiger partial charge in [-0.05, 0) is 44.2 Å². The van der Waals surface area contributed by atoms with Crippen molar-refractivity contribution >= 4 is 29.9 Å². The summed E-state index contributed by atoms with van der Waals surface area (Å²) in [5.41, 5.74) is 2.29. The maximum Gasteiger partial charge on any atom is 0.191 e. The van der Waals surface area contributed by atoms with E-state index in [1.165, 1.54) is 44.3 Å². The normalized spacial score (nSPS) is 20.0. The molecular formula is C17H28IN5. The average Bonchev–Trinajstić information content (AvgIpc) is 3.38. The predicted octanol–water partition coefficient (Wildman–Crippen LogP) is 2.30. The lowest BCUT2D eigenvalue weighted by Crippen LogP contribution is -2.48. The van der Waals surface area contributed by atoms with Crippen molar-refractivity contribution in [1.82, 2.24) is 20.5 Å². The van der Waals surface area contributed by atoms with Gasteiger partial charge in [0.2, 0.25) is 0 Å². The van der Waals surface area contributed by atoms with Crippen molar-refractivity contribution in [3.05, 3.63) is 29.6 Å². The van der Waals surface area contributed by atoms with Crippen molar-refractivity contribution in [3.8, 4) is 0 Å². The van der Waals surface area contributed by atoms with Crippen LogP contribution in [0.15, 0.2) is 23.3 Å². The first-order valence-electron chi connectivity index (χ1n) is 8.38. The van der Waals surface area contributed by atoms with Gasteiger partial charge in [0.25, 0.3) is 0 Å². The molecule has 1 saturated heterocycles. The Labute approximate surface area is 156 Å². The number of piperidine rings is 1. The molecule has 0 unspecified atom stereocenters. The lowest BCUT2D eigenvalue weighted by molar-refractivity contribution is 0.197. The van der Waals surface area contributed by atoms with E-state index in [9.17, 15) is 0 Å². The minimum absolute atomic E-state index is 0. The number of aliphatic imine (C=N–C) groups is 1. The number of pyridine rings is 1. The van der Waals surface area contributed by atoms with E-state index in [-0.39, 0.29) is 24.0 Å². The molecule has 2 aliphatic rings. The van der Waals surface area contributed by atoms with E-state index in [1.54, 1.807) is 0 Å². The van der Waals surface area contributed by atoms with E-state index in [4.69, 9.17) is 0 Å². The Balaban J connectivity index is 0.00000192. The van der Waals surface area contributed by atoms with E-state index < -0.39 is 0 Å². The number of rotatable bonds is 4. The Morgan fingerprint density at radius 1 is 1.30 bits per heavy atom. The molecule has 23 heavy (non-hydrogen) atoms. The number of hydrogen-bond donors (Lipinski definition) is 2. The molecule has 2 N–H and O–H groups in total. The molecule has 128 valence electrons. The van der Waals surface area contributed by atoms with Gasteiger partial charge in [-0.3, -0.25) is 9.98 Å². The van der Waals surface area contributed by atoms with Gasteiger partial charge >= 0.3 is 0 Å². The van der Waals surface area contributed by atoms with Gasteiger partial charge in [0, 0.05) is 38.4 Å². The lowest BCUT2D eigenvalue weighted by atomic mass is 10.1. The third-order valence-corrected chi connectivity index (χ3v) is 4.70. The van der Waals surface area contributed by atoms with Crippen LogP contribution < -0.4 is 10.6 Å². The van der Waals surface area contributed by atoms with Crippen molar-refractivity contribution in [2.75, 3.05) is 20.1 Å². The van der Waals surface area contributed by atoms with Crippen LogP contribution in [-0.2, 0) is 6.54 Å². The van der Waals surface area contributed by atoms with Crippen molar-refractivity contribution in [1.29, 1.82) is 0 Å². The molecule has 1 aliphatic heterocycles. The first-order chi connectivity index (χ1) is 10.8. The standard InChI is InChI=1S/C17H27N5.HI/c1-13-4-3-9-19-16(13)12-20-17(18-2)21-14-7-10-22(11-8-14)15-5-6-15;/h3-4,9,14-15H,5-8,10-12H2,1-2H3,(H2,18,20,21);1H. The van der Waals surface area contributed by atoms with Crippen LogP contribution in [0.25, 0.3) is 0 Å². The fourth-order valence-corrected chi connectivity index (χ4v) is 3.11. The van der Waals surface area contributed by atoms with Crippen LogP contribution in [0.5, 0.6) is 0 Å². The Morgan fingerprint density at radius 2 is 2.04 bits per heavy atom. The summed E-state index contributed by atoms with van der Waals surface area (Å²) in [4.78, 5) is 11.4. The van der Waals surface area contributed by atoms with E-state index in [0.717, 1.165) is 17.7 Å². The summed E-state index contributed by atoms with van der Waals surface area (Å²) in [5.74, 6) is 0.884.